The molecule has 1 fully saturated rings. The van der Waals surface area contributed by atoms with E-state index in [9.17, 15) is 5.11 Å². The minimum Gasteiger partial charge on any atom is -0.395 e. The fourth-order valence-electron chi connectivity index (χ4n) is 2.77. The number of hydrogen-bond acceptors (Lipinski definition) is 5. The Morgan fingerprint density at radius 1 is 1.42 bits per heavy atom. The highest BCUT2D eigenvalue weighted by Gasteiger charge is 2.28. The van der Waals surface area contributed by atoms with Gasteiger partial charge in [-0.05, 0) is 26.2 Å². The molecular formula is C14H25N3O2. The minimum atomic E-state index is 0.209. The number of unbranched alkanes of at least 4 members (excludes halogenated alkanes) is 1. The average molecular weight is 267 g/mol. The zero-order valence-corrected chi connectivity index (χ0v) is 12.0. The molecular weight excluding hydrogens is 242 g/mol. The molecule has 0 saturated carbocycles. The third kappa shape index (κ3) is 3.76. The van der Waals surface area contributed by atoms with Crippen LogP contribution in [0.1, 0.15) is 57.7 Å². The van der Waals surface area contributed by atoms with Crippen molar-refractivity contribution in [2.45, 2.75) is 71.0 Å². The minimum absolute atomic E-state index is 0.209. The molecule has 1 aliphatic heterocycles. The zero-order chi connectivity index (χ0) is 13.7. The summed E-state index contributed by atoms with van der Waals surface area (Å²) in [6, 6.07) is 0.701. The van der Waals surface area contributed by atoms with Gasteiger partial charge in [-0.1, -0.05) is 24.9 Å². The van der Waals surface area contributed by atoms with Crippen LogP contribution in [0.4, 0.5) is 0 Å². The van der Waals surface area contributed by atoms with E-state index >= 15 is 0 Å². The second kappa shape index (κ2) is 7.01. The number of piperidine rings is 1. The molecule has 1 aromatic heterocycles. The Bertz CT molecular complexity index is 381. The van der Waals surface area contributed by atoms with E-state index in [4.69, 9.17) is 4.52 Å². The fourth-order valence-corrected chi connectivity index (χ4v) is 2.77. The van der Waals surface area contributed by atoms with Crippen LogP contribution in [0.3, 0.4) is 0 Å². The predicted octanol–water partition coefficient (Wildman–Crippen LogP) is 2.15. The Labute approximate surface area is 115 Å². The molecule has 19 heavy (non-hydrogen) atoms. The van der Waals surface area contributed by atoms with Crippen molar-refractivity contribution in [2.75, 3.05) is 6.61 Å². The zero-order valence-electron chi connectivity index (χ0n) is 12.0. The molecule has 1 saturated heterocycles. The number of aryl methyl sites for hydroxylation is 1. The van der Waals surface area contributed by atoms with Crippen LogP contribution in [0.2, 0.25) is 0 Å². The summed E-state index contributed by atoms with van der Waals surface area (Å²) in [6.07, 6.45) is 6.54. The van der Waals surface area contributed by atoms with Gasteiger partial charge in [0.25, 0.3) is 0 Å². The van der Waals surface area contributed by atoms with Gasteiger partial charge < -0.3 is 9.63 Å². The lowest BCUT2D eigenvalue weighted by atomic mass is 9.97. The summed E-state index contributed by atoms with van der Waals surface area (Å²) < 4.78 is 5.32. The van der Waals surface area contributed by atoms with Crippen LogP contribution in [-0.4, -0.2) is 38.8 Å². The van der Waals surface area contributed by atoms with E-state index in [1.54, 1.807) is 0 Å². The van der Waals surface area contributed by atoms with Crippen molar-refractivity contribution in [3.05, 3.63) is 11.7 Å². The summed E-state index contributed by atoms with van der Waals surface area (Å²) in [7, 11) is 0. The molecule has 108 valence electrons. The van der Waals surface area contributed by atoms with E-state index in [2.05, 4.69) is 28.9 Å². The fraction of sp³-hybridized carbons (Fsp3) is 0.857. The van der Waals surface area contributed by atoms with Crippen molar-refractivity contribution in [3.63, 3.8) is 0 Å². The molecule has 0 aromatic carbocycles. The Morgan fingerprint density at radius 3 is 3.00 bits per heavy atom. The standard InChI is InChI=1S/C14H25N3O2/c1-3-4-8-13-15-14(19-16-13)9-17-11(2)6-5-7-12(17)10-18/h11-12,18H,3-10H2,1-2H3. The van der Waals surface area contributed by atoms with Crippen LogP contribution in [-0.2, 0) is 13.0 Å². The number of aromatic nitrogens is 2. The van der Waals surface area contributed by atoms with Gasteiger partial charge in [0.05, 0.1) is 13.2 Å². The summed E-state index contributed by atoms with van der Waals surface area (Å²) in [4.78, 5) is 6.74. The molecule has 0 aliphatic carbocycles. The summed E-state index contributed by atoms with van der Waals surface area (Å²) in [5.74, 6) is 1.49. The molecule has 0 amide bonds. The lowest BCUT2D eigenvalue weighted by Crippen LogP contribution is -2.46. The molecule has 5 nitrogen and oxygen atoms in total. The normalized spacial score (nSPS) is 24.8. The Morgan fingerprint density at radius 2 is 2.26 bits per heavy atom. The van der Waals surface area contributed by atoms with Crippen LogP contribution < -0.4 is 0 Å². The smallest absolute Gasteiger partial charge is 0.240 e. The molecule has 1 aromatic rings. The van der Waals surface area contributed by atoms with Crippen LogP contribution in [0.5, 0.6) is 0 Å². The molecule has 2 rings (SSSR count). The largest absolute Gasteiger partial charge is 0.395 e. The molecule has 2 unspecified atom stereocenters. The van der Waals surface area contributed by atoms with Gasteiger partial charge in [-0.2, -0.15) is 4.98 Å². The molecule has 0 bridgehead atoms. The number of likely N-dealkylation sites (tertiary alicyclic amines) is 1. The second-order valence-corrected chi connectivity index (χ2v) is 5.50. The number of aliphatic hydroxyl groups excluding tert-OH is 1. The van der Waals surface area contributed by atoms with Crippen LogP contribution in [0.15, 0.2) is 4.52 Å². The SMILES string of the molecule is CCCCc1noc(CN2C(C)CCCC2CO)n1. The summed E-state index contributed by atoms with van der Waals surface area (Å²) in [5, 5.41) is 13.5. The van der Waals surface area contributed by atoms with Crippen LogP contribution >= 0.6 is 0 Å². The van der Waals surface area contributed by atoms with Crippen LogP contribution in [0.25, 0.3) is 0 Å². The van der Waals surface area contributed by atoms with Gasteiger partial charge in [-0.15, -0.1) is 0 Å². The number of aliphatic hydroxyl groups is 1. The molecule has 1 N–H and O–H groups in total. The number of nitrogens with zero attached hydrogens (tertiary/aromatic N) is 3. The second-order valence-electron chi connectivity index (χ2n) is 5.50. The lowest BCUT2D eigenvalue weighted by Gasteiger charge is -2.38. The highest BCUT2D eigenvalue weighted by molar-refractivity contribution is 4.90. The van der Waals surface area contributed by atoms with Crippen molar-refractivity contribution in [1.29, 1.82) is 0 Å². The summed E-state index contributed by atoms with van der Waals surface area (Å²) in [5.41, 5.74) is 0. The maximum atomic E-state index is 9.47. The Hall–Kier alpha value is -0.940. The van der Waals surface area contributed by atoms with E-state index in [1.807, 2.05) is 0 Å². The lowest BCUT2D eigenvalue weighted by molar-refractivity contribution is 0.0370. The van der Waals surface area contributed by atoms with Gasteiger partial charge in [0.1, 0.15) is 0 Å². The third-order valence-corrected chi connectivity index (χ3v) is 3.99. The first kappa shape index (κ1) is 14.5. The first-order valence-corrected chi connectivity index (χ1v) is 7.42. The number of rotatable bonds is 6. The molecule has 2 atom stereocenters. The summed E-state index contributed by atoms with van der Waals surface area (Å²) >= 11 is 0. The first-order valence-electron chi connectivity index (χ1n) is 7.42. The first-order chi connectivity index (χ1) is 9.24. The van der Waals surface area contributed by atoms with E-state index < -0.39 is 0 Å². The van der Waals surface area contributed by atoms with Gasteiger partial charge >= 0.3 is 0 Å². The monoisotopic (exact) mass is 267 g/mol. The third-order valence-electron chi connectivity index (χ3n) is 3.99. The van der Waals surface area contributed by atoms with Gasteiger partial charge in [0.2, 0.25) is 5.89 Å². The number of hydrogen-bond donors (Lipinski definition) is 1. The van der Waals surface area contributed by atoms with Crippen molar-refractivity contribution in [2.24, 2.45) is 0 Å². The van der Waals surface area contributed by atoms with Crippen molar-refractivity contribution in [3.8, 4) is 0 Å². The average Bonchev–Trinajstić information content (AvgIpc) is 2.86. The van der Waals surface area contributed by atoms with Crippen molar-refractivity contribution < 1.29 is 9.63 Å². The Balaban J connectivity index is 1.96. The van der Waals surface area contributed by atoms with E-state index in [-0.39, 0.29) is 12.6 Å². The quantitative estimate of drug-likeness (QED) is 0.855. The molecule has 0 radical (unpaired) electrons. The van der Waals surface area contributed by atoms with E-state index in [1.165, 1.54) is 12.8 Å². The molecule has 2 heterocycles. The molecule has 1 aliphatic rings. The molecule has 0 spiro atoms. The highest BCUT2D eigenvalue weighted by Crippen LogP contribution is 2.24. The van der Waals surface area contributed by atoms with Gasteiger partial charge in [-0.3, -0.25) is 4.90 Å². The summed E-state index contributed by atoms with van der Waals surface area (Å²) in [6.45, 7) is 5.23. The maximum Gasteiger partial charge on any atom is 0.240 e. The van der Waals surface area contributed by atoms with E-state index in [0.29, 0.717) is 18.5 Å². The van der Waals surface area contributed by atoms with Gasteiger partial charge in [0.15, 0.2) is 5.82 Å². The maximum absolute atomic E-state index is 9.47. The van der Waals surface area contributed by atoms with Crippen LogP contribution in [0, 0.1) is 0 Å². The topological polar surface area (TPSA) is 62.4 Å². The van der Waals surface area contributed by atoms with Gasteiger partial charge in [-0.25, -0.2) is 0 Å². The predicted molar refractivity (Wildman–Crippen MR) is 72.6 cm³/mol. The Kier molecular flexibility index (Phi) is 5.34. The molecule has 5 heteroatoms. The van der Waals surface area contributed by atoms with Crippen molar-refractivity contribution in [1.82, 2.24) is 15.0 Å². The van der Waals surface area contributed by atoms with Gasteiger partial charge in [0, 0.05) is 18.5 Å². The highest BCUT2D eigenvalue weighted by atomic mass is 16.5. The van der Waals surface area contributed by atoms with Crippen molar-refractivity contribution >= 4 is 0 Å². The van der Waals surface area contributed by atoms with E-state index in [0.717, 1.165) is 31.5 Å².